The number of nitrogens with zero attached hydrogens (tertiary/aromatic N) is 1. The molecule has 0 saturated heterocycles. The van der Waals surface area contributed by atoms with Gasteiger partial charge < -0.3 is 15.3 Å². The molecule has 1 aliphatic rings. The lowest BCUT2D eigenvalue weighted by Crippen LogP contribution is -2.32. The zero-order valence-corrected chi connectivity index (χ0v) is 17.3. The van der Waals surface area contributed by atoms with Crippen LogP contribution in [0, 0.1) is 0 Å². The zero-order chi connectivity index (χ0) is 20.1. The van der Waals surface area contributed by atoms with Crippen LogP contribution in [0.5, 0.6) is 0 Å². The summed E-state index contributed by atoms with van der Waals surface area (Å²) in [4.78, 5) is 26.3. The highest BCUT2D eigenvalue weighted by atomic mass is 79.9. The van der Waals surface area contributed by atoms with Crippen molar-refractivity contribution in [1.82, 2.24) is 4.90 Å². The summed E-state index contributed by atoms with van der Waals surface area (Å²) in [6, 6.07) is 17.1. The molecule has 1 atom stereocenters. The fourth-order valence-corrected chi connectivity index (χ4v) is 3.79. The fraction of sp³-hybridized carbons (Fsp3) is 0.273. The van der Waals surface area contributed by atoms with E-state index in [4.69, 9.17) is 0 Å². The van der Waals surface area contributed by atoms with Crippen molar-refractivity contribution in [3.05, 3.63) is 75.9 Å². The molecule has 1 amide bonds. The number of carbonyl (C=O) groups excluding carboxylic acids is 1. The third kappa shape index (κ3) is 4.44. The van der Waals surface area contributed by atoms with E-state index in [1.165, 1.54) is 0 Å². The predicted molar refractivity (Wildman–Crippen MR) is 113 cm³/mol. The summed E-state index contributed by atoms with van der Waals surface area (Å²) in [6.45, 7) is 2.65. The number of carboxylic acids is 1. The fourth-order valence-electron chi connectivity index (χ4n) is 3.53. The third-order valence-electron chi connectivity index (χ3n) is 4.74. The molecule has 0 spiro atoms. The second kappa shape index (κ2) is 9.06. The molecular formula is C22H23BrN2O3. The van der Waals surface area contributed by atoms with Crippen molar-refractivity contribution in [2.24, 2.45) is 0 Å². The van der Waals surface area contributed by atoms with Gasteiger partial charge in [-0.05, 0) is 48.2 Å². The van der Waals surface area contributed by atoms with Crippen molar-refractivity contribution >= 4 is 33.5 Å². The predicted octanol–water partition coefficient (Wildman–Crippen LogP) is 4.97. The molecule has 0 bridgehead atoms. The SMILES string of the molecule is CCCN1C(=O)C(Nc2ccc(Br)cc2)=C(CCC(=O)O)C1c1ccccc1. The summed E-state index contributed by atoms with van der Waals surface area (Å²) < 4.78 is 0.950. The van der Waals surface area contributed by atoms with E-state index in [0.29, 0.717) is 18.7 Å². The van der Waals surface area contributed by atoms with Gasteiger partial charge in [-0.15, -0.1) is 0 Å². The monoisotopic (exact) mass is 442 g/mol. The maximum Gasteiger partial charge on any atom is 0.303 e. The second-order valence-electron chi connectivity index (χ2n) is 6.74. The summed E-state index contributed by atoms with van der Waals surface area (Å²) in [7, 11) is 0. The van der Waals surface area contributed by atoms with Gasteiger partial charge in [0.2, 0.25) is 0 Å². The smallest absolute Gasteiger partial charge is 0.303 e. The van der Waals surface area contributed by atoms with Crippen LogP contribution in [0.4, 0.5) is 5.69 Å². The molecule has 0 radical (unpaired) electrons. The largest absolute Gasteiger partial charge is 0.481 e. The lowest BCUT2D eigenvalue weighted by atomic mass is 9.95. The number of carboxylic acid groups (broad SMARTS) is 1. The number of hydrogen-bond donors (Lipinski definition) is 2. The summed E-state index contributed by atoms with van der Waals surface area (Å²) in [6.07, 6.45) is 1.13. The van der Waals surface area contributed by atoms with Gasteiger partial charge in [0.25, 0.3) is 5.91 Å². The van der Waals surface area contributed by atoms with Gasteiger partial charge in [0, 0.05) is 23.1 Å². The van der Waals surface area contributed by atoms with E-state index in [1.54, 1.807) is 0 Å². The number of aliphatic carboxylic acids is 1. The van der Waals surface area contributed by atoms with E-state index in [9.17, 15) is 14.7 Å². The number of benzene rings is 2. The van der Waals surface area contributed by atoms with E-state index in [-0.39, 0.29) is 18.4 Å². The van der Waals surface area contributed by atoms with Crippen LogP contribution >= 0.6 is 15.9 Å². The van der Waals surface area contributed by atoms with Crippen LogP contribution in [0.15, 0.2) is 70.3 Å². The quantitative estimate of drug-likeness (QED) is 0.604. The molecule has 1 aliphatic heterocycles. The van der Waals surface area contributed by atoms with Gasteiger partial charge in [-0.2, -0.15) is 0 Å². The number of amides is 1. The number of halogens is 1. The number of anilines is 1. The van der Waals surface area contributed by atoms with E-state index in [1.807, 2.05) is 66.4 Å². The van der Waals surface area contributed by atoms with Crippen LogP contribution in [-0.2, 0) is 9.59 Å². The van der Waals surface area contributed by atoms with Crippen molar-refractivity contribution in [3.8, 4) is 0 Å². The first-order valence-corrected chi connectivity index (χ1v) is 10.1. The molecule has 0 aliphatic carbocycles. The van der Waals surface area contributed by atoms with Crippen LogP contribution in [0.25, 0.3) is 0 Å². The van der Waals surface area contributed by atoms with Crippen molar-refractivity contribution in [3.63, 3.8) is 0 Å². The van der Waals surface area contributed by atoms with Gasteiger partial charge >= 0.3 is 5.97 Å². The number of nitrogens with one attached hydrogen (secondary N) is 1. The van der Waals surface area contributed by atoms with Gasteiger partial charge in [0.05, 0.1) is 6.04 Å². The molecular weight excluding hydrogens is 420 g/mol. The molecule has 6 heteroatoms. The summed E-state index contributed by atoms with van der Waals surface area (Å²) in [5, 5.41) is 12.5. The highest BCUT2D eigenvalue weighted by Crippen LogP contribution is 2.40. The van der Waals surface area contributed by atoms with Crippen LogP contribution in [0.1, 0.15) is 37.8 Å². The highest BCUT2D eigenvalue weighted by Gasteiger charge is 2.39. The van der Waals surface area contributed by atoms with Crippen LogP contribution in [0.3, 0.4) is 0 Å². The minimum atomic E-state index is -0.872. The maximum atomic E-state index is 13.3. The van der Waals surface area contributed by atoms with Crippen molar-refractivity contribution in [2.45, 2.75) is 32.2 Å². The number of rotatable bonds is 8. The molecule has 2 aromatic rings. The van der Waals surface area contributed by atoms with Gasteiger partial charge in [0.1, 0.15) is 5.70 Å². The van der Waals surface area contributed by atoms with Crippen LogP contribution in [0.2, 0.25) is 0 Å². The molecule has 2 N–H and O–H groups in total. The Hall–Kier alpha value is -2.60. The Labute approximate surface area is 173 Å². The minimum absolute atomic E-state index is 0.0164. The van der Waals surface area contributed by atoms with Gasteiger partial charge in [0.15, 0.2) is 0 Å². The van der Waals surface area contributed by atoms with Crippen LogP contribution < -0.4 is 5.32 Å². The summed E-state index contributed by atoms with van der Waals surface area (Å²) in [5.41, 5.74) is 3.11. The lowest BCUT2D eigenvalue weighted by Gasteiger charge is -2.27. The van der Waals surface area contributed by atoms with E-state index < -0.39 is 5.97 Å². The van der Waals surface area contributed by atoms with Crippen molar-refractivity contribution in [2.75, 3.05) is 11.9 Å². The molecule has 0 saturated carbocycles. The van der Waals surface area contributed by atoms with Crippen molar-refractivity contribution in [1.29, 1.82) is 0 Å². The Bertz CT molecular complexity index is 878. The van der Waals surface area contributed by atoms with Crippen LogP contribution in [-0.4, -0.2) is 28.4 Å². The van der Waals surface area contributed by atoms with Crippen molar-refractivity contribution < 1.29 is 14.7 Å². The Morgan fingerprint density at radius 2 is 1.82 bits per heavy atom. The normalized spacial score (nSPS) is 16.6. The Kier molecular flexibility index (Phi) is 6.52. The van der Waals surface area contributed by atoms with Gasteiger partial charge in [-0.1, -0.05) is 53.2 Å². The summed E-state index contributed by atoms with van der Waals surface area (Å²) in [5.74, 6) is -0.956. The van der Waals surface area contributed by atoms with Gasteiger partial charge in [-0.3, -0.25) is 9.59 Å². The molecule has 28 heavy (non-hydrogen) atoms. The Morgan fingerprint density at radius 3 is 2.43 bits per heavy atom. The molecule has 1 heterocycles. The number of carbonyl (C=O) groups is 2. The van der Waals surface area contributed by atoms with E-state index in [0.717, 1.165) is 27.7 Å². The first-order valence-electron chi connectivity index (χ1n) is 9.34. The molecule has 0 fully saturated rings. The summed E-state index contributed by atoms with van der Waals surface area (Å²) >= 11 is 3.41. The van der Waals surface area contributed by atoms with Gasteiger partial charge in [-0.25, -0.2) is 0 Å². The highest BCUT2D eigenvalue weighted by molar-refractivity contribution is 9.10. The standard InChI is InChI=1S/C22H23BrN2O3/c1-2-14-25-21(15-6-4-3-5-7-15)18(12-13-19(26)27)20(22(25)28)24-17-10-8-16(23)9-11-17/h3-11,21,24H,2,12-14H2,1H3,(H,26,27). The lowest BCUT2D eigenvalue weighted by molar-refractivity contribution is -0.137. The second-order valence-corrected chi connectivity index (χ2v) is 7.65. The topological polar surface area (TPSA) is 69.6 Å². The third-order valence-corrected chi connectivity index (χ3v) is 5.27. The average molecular weight is 443 g/mol. The Balaban J connectivity index is 2.04. The minimum Gasteiger partial charge on any atom is -0.481 e. The first-order chi connectivity index (χ1) is 13.5. The molecule has 1 unspecified atom stereocenters. The Morgan fingerprint density at radius 1 is 1.14 bits per heavy atom. The zero-order valence-electron chi connectivity index (χ0n) is 15.7. The molecule has 5 nitrogen and oxygen atoms in total. The number of hydrogen-bond acceptors (Lipinski definition) is 3. The van der Waals surface area contributed by atoms with E-state index >= 15 is 0 Å². The molecule has 3 rings (SSSR count). The first kappa shape index (κ1) is 20.1. The molecule has 146 valence electrons. The maximum absolute atomic E-state index is 13.3. The average Bonchev–Trinajstić information content (AvgIpc) is 2.94. The van der Waals surface area contributed by atoms with E-state index in [2.05, 4.69) is 21.2 Å². The molecule has 0 aromatic heterocycles. The molecule has 2 aromatic carbocycles.